The molecule has 0 spiro atoms. The Labute approximate surface area is 69.2 Å². The highest BCUT2D eigenvalue weighted by molar-refractivity contribution is 6.20. The SMILES string of the molecule is ClC1N=c2ccccc2=CN1. The summed E-state index contributed by atoms with van der Waals surface area (Å²) in [6.45, 7) is 0. The molecule has 1 N–H and O–H groups in total. The first-order chi connectivity index (χ1) is 5.36. The molecular weight excluding hydrogens is 160 g/mol. The van der Waals surface area contributed by atoms with Crippen molar-refractivity contribution in [1.29, 1.82) is 0 Å². The van der Waals surface area contributed by atoms with Crippen molar-refractivity contribution in [3.05, 3.63) is 34.8 Å². The van der Waals surface area contributed by atoms with Crippen molar-refractivity contribution in [2.45, 2.75) is 5.62 Å². The summed E-state index contributed by atoms with van der Waals surface area (Å²) in [7, 11) is 0. The Bertz CT molecular complexity index is 372. The first-order valence-corrected chi connectivity index (χ1v) is 3.83. The molecule has 1 heterocycles. The van der Waals surface area contributed by atoms with Gasteiger partial charge in [-0.25, -0.2) is 4.99 Å². The van der Waals surface area contributed by atoms with E-state index in [0.717, 1.165) is 10.6 Å². The van der Waals surface area contributed by atoms with Gasteiger partial charge in [0.1, 0.15) is 0 Å². The van der Waals surface area contributed by atoms with Gasteiger partial charge in [0.25, 0.3) is 0 Å². The van der Waals surface area contributed by atoms with Crippen LogP contribution in [0.4, 0.5) is 0 Å². The van der Waals surface area contributed by atoms with Gasteiger partial charge in [0, 0.05) is 11.4 Å². The van der Waals surface area contributed by atoms with Crippen LogP contribution in [0.1, 0.15) is 0 Å². The van der Waals surface area contributed by atoms with Gasteiger partial charge in [-0.05, 0) is 6.07 Å². The summed E-state index contributed by atoms with van der Waals surface area (Å²) in [6, 6.07) is 7.86. The zero-order valence-electron chi connectivity index (χ0n) is 5.79. The van der Waals surface area contributed by atoms with Crippen LogP contribution in [0.25, 0.3) is 6.20 Å². The molecule has 11 heavy (non-hydrogen) atoms. The lowest BCUT2D eigenvalue weighted by Gasteiger charge is -2.07. The number of nitrogens with one attached hydrogen (secondary N) is 1. The van der Waals surface area contributed by atoms with Crippen LogP contribution in [-0.4, -0.2) is 5.62 Å². The second kappa shape index (κ2) is 2.55. The smallest absolute Gasteiger partial charge is 0.195 e. The minimum Gasteiger partial charge on any atom is -0.357 e. The molecule has 0 aliphatic carbocycles. The molecule has 0 saturated carbocycles. The minimum atomic E-state index is -0.315. The normalized spacial score (nSPS) is 20.6. The lowest BCUT2D eigenvalue weighted by Crippen LogP contribution is -2.36. The van der Waals surface area contributed by atoms with Gasteiger partial charge >= 0.3 is 0 Å². The number of halogens is 1. The van der Waals surface area contributed by atoms with Crippen LogP contribution >= 0.6 is 11.6 Å². The molecule has 1 aliphatic rings. The molecule has 1 unspecified atom stereocenters. The lowest BCUT2D eigenvalue weighted by atomic mass is 10.3. The van der Waals surface area contributed by atoms with Gasteiger partial charge in [-0.3, -0.25) is 0 Å². The third-order valence-electron chi connectivity index (χ3n) is 1.57. The van der Waals surface area contributed by atoms with Gasteiger partial charge in [-0.2, -0.15) is 0 Å². The Kier molecular flexibility index (Phi) is 1.55. The van der Waals surface area contributed by atoms with E-state index in [2.05, 4.69) is 10.3 Å². The maximum atomic E-state index is 5.74. The third kappa shape index (κ3) is 1.21. The molecule has 2 nitrogen and oxygen atoms in total. The maximum absolute atomic E-state index is 5.74. The van der Waals surface area contributed by atoms with E-state index < -0.39 is 0 Å². The van der Waals surface area contributed by atoms with E-state index in [1.807, 2.05) is 30.5 Å². The van der Waals surface area contributed by atoms with Gasteiger partial charge in [-0.1, -0.05) is 29.8 Å². The van der Waals surface area contributed by atoms with Crippen LogP contribution in [0, 0.1) is 0 Å². The monoisotopic (exact) mass is 166 g/mol. The molecule has 0 amide bonds. The predicted octanol–water partition coefficient (Wildman–Crippen LogP) is 0.170. The van der Waals surface area contributed by atoms with E-state index in [1.54, 1.807) is 0 Å². The van der Waals surface area contributed by atoms with Crippen molar-refractivity contribution in [2.24, 2.45) is 4.99 Å². The largest absolute Gasteiger partial charge is 0.357 e. The Morgan fingerprint density at radius 3 is 3.09 bits per heavy atom. The van der Waals surface area contributed by atoms with Gasteiger partial charge in [0.05, 0.1) is 5.36 Å². The predicted molar refractivity (Wildman–Crippen MR) is 44.5 cm³/mol. The van der Waals surface area contributed by atoms with Crippen molar-refractivity contribution < 1.29 is 0 Å². The van der Waals surface area contributed by atoms with Crippen molar-refractivity contribution in [2.75, 3.05) is 0 Å². The molecule has 3 heteroatoms. The third-order valence-corrected chi connectivity index (χ3v) is 1.79. The molecule has 0 radical (unpaired) electrons. The number of alkyl halides is 1. The van der Waals surface area contributed by atoms with Crippen molar-refractivity contribution in [1.82, 2.24) is 5.32 Å². The maximum Gasteiger partial charge on any atom is 0.195 e. The fourth-order valence-electron chi connectivity index (χ4n) is 1.05. The molecule has 0 fully saturated rings. The average molecular weight is 167 g/mol. The van der Waals surface area contributed by atoms with E-state index in [9.17, 15) is 0 Å². The molecule has 1 aromatic carbocycles. The fourth-order valence-corrected chi connectivity index (χ4v) is 1.21. The van der Waals surface area contributed by atoms with Crippen LogP contribution in [0.3, 0.4) is 0 Å². The number of hydrogen-bond acceptors (Lipinski definition) is 2. The van der Waals surface area contributed by atoms with Crippen LogP contribution in [0.2, 0.25) is 0 Å². The van der Waals surface area contributed by atoms with Crippen molar-refractivity contribution in [3.63, 3.8) is 0 Å². The number of para-hydroxylation sites is 1. The average Bonchev–Trinajstić information content (AvgIpc) is 2.04. The Balaban J connectivity index is 2.73. The molecular formula is C8H7ClN2. The summed E-state index contributed by atoms with van der Waals surface area (Å²) in [4.78, 5) is 4.17. The van der Waals surface area contributed by atoms with Gasteiger partial charge < -0.3 is 5.32 Å². The highest BCUT2D eigenvalue weighted by atomic mass is 35.5. The quantitative estimate of drug-likeness (QED) is 0.431. The van der Waals surface area contributed by atoms with Crippen molar-refractivity contribution in [3.8, 4) is 0 Å². The second-order valence-electron chi connectivity index (χ2n) is 2.33. The van der Waals surface area contributed by atoms with Gasteiger partial charge in [0.15, 0.2) is 5.62 Å². The molecule has 0 saturated heterocycles. The summed E-state index contributed by atoms with van der Waals surface area (Å²) in [5, 5.41) is 4.95. The lowest BCUT2D eigenvalue weighted by molar-refractivity contribution is 0.796. The topological polar surface area (TPSA) is 24.4 Å². The number of nitrogens with zero attached hydrogens (tertiary/aromatic N) is 1. The van der Waals surface area contributed by atoms with Crippen molar-refractivity contribution >= 4 is 17.8 Å². The molecule has 0 bridgehead atoms. The standard InChI is InChI=1S/C8H7ClN2/c9-8-10-5-6-3-1-2-4-7(6)11-8/h1-5,8,10H. The van der Waals surface area contributed by atoms with Crippen LogP contribution in [0.5, 0.6) is 0 Å². The highest BCUT2D eigenvalue weighted by Gasteiger charge is 2.00. The minimum absolute atomic E-state index is 0.315. The summed E-state index contributed by atoms with van der Waals surface area (Å²) >= 11 is 5.74. The van der Waals surface area contributed by atoms with Gasteiger partial charge in [0.2, 0.25) is 0 Å². The molecule has 1 atom stereocenters. The first-order valence-electron chi connectivity index (χ1n) is 3.39. The zero-order chi connectivity index (χ0) is 7.68. The number of benzene rings is 1. The second-order valence-corrected chi connectivity index (χ2v) is 2.75. The van der Waals surface area contributed by atoms with Crippen LogP contribution < -0.4 is 15.9 Å². The van der Waals surface area contributed by atoms with Crippen LogP contribution in [-0.2, 0) is 0 Å². The van der Waals surface area contributed by atoms with Gasteiger partial charge in [-0.15, -0.1) is 0 Å². The molecule has 1 aromatic rings. The summed E-state index contributed by atoms with van der Waals surface area (Å²) in [5.41, 5.74) is -0.315. The summed E-state index contributed by atoms with van der Waals surface area (Å²) in [6.07, 6.45) is 1.88. The summed E-state index contributed by atoms with van der Waals surface area (Å²) < 4.78 is 0. The zero-order valence-corrected chi connectivity index (χ0v) is 6.55. The highest BCUT2D eigenvalue weighted by Crippen LogP contribution is 1.91. The fraction of sp³-hybridized carbons (Fsp3) is 0.125. The van der Waals surface area contributed by atoms with E-state index in [1.165, 1.54) is 0 Å². The first kappa shape index (κ1) is 6.68. The molecule has 0 aromatic heterocycles. The molecule has 56 valence electrons. The number of fused-ring (bicyclic) bond motifs is 1. The van der Waals surface area contributed by atoms with E-state index >= 15 is 0 Å². The number of rotatable bonds is 0. The Morgan fingerprint density at radius 1 is 1.36 bits per heavy atom. The number of hydrogen-bond donors (Lipinski definition) is 1. The van der Waals surface area contributed by atoms with Crippen LogP contribution in [0.15, 0.2) is 29.3 Å². The summed E-state index contributed by atoms with van der Waals surface area (Å²) in [5.74, 6) is 0. The van der Waals surface area contributed by atoms with E-state index in [0.29, 0.717) is 0 Å². The molecule has 2 rings (SSSR count). The van der Waals surface area contributed by atoms with E-state index in [4.69, 9.17) is 11.6 Å². The van der Waals surface area contributed by atoms with E-state index in [-0.39, 0.29) is 5.62 Å². The molecule has 1 aliphatic heterocycles. The Hall–Kier alpha value is -1.02. The Morgan fingerprint density at radius 2 is 2.18 bits per heavy atom.